The smallest absolute Gasteiger partial charge is 0.325 e. The molecule has 1 N–H and O–H groups in total. The van der Waals surface area contributed by atoms with Crippen molar-refractivity contribution in [2.45, 2.75) is 0 Å². The summed E-state index contributed by atoms with van der Waals surface area (Å²) < 4.78 is 4.66. The number of nitrogens with one attached hydrogen (secondary N) is 1. The second-order valence-corrected chi connectivity index (χ2v) is 4.20. The molecule has 0 atom stereocenters. The molecule has 8 heteroatoms. The van der Waals surface area contributed by atoms with E-state index in [4.69, 9.17) is 11.6 Å². The number of hydrogen-bond donors (Lipinski definition) is 1. The zero-order chi connectivity index (χ0) is 15.1. The lowest BCUT2D eigenvalue weighted by molar-refractivity contribution is -0.384. The minimum absolute atomic E-state index is 0.0775. The first-order valence-electron chi connectivity index (χ1n) is 5.41. The summed E-state index contributed by atoms with van der Waals surface area (Å²) in [5.74, 6) is -1.30. The van der Waals surface area contributed by atoms with Crippen molar-refractivity contribution in [3.05, 3.63) is 51.6 Å². The summed E-state index contributed by atoms with van der Waals surface area (Å²) in [5, 5.41) is 13.0. The summed E-state index contributed by atoms with van der Waals surface area (Å²) in [6.07, 6.45) is 0. The Kier molecular flexibility index (Phi) is 5.67. The Morgan fingerprint density at radius 1 is 1.45 bits per heavy atom. The van der Waals surface area contributed by atoms with Gasteiger partial charge in [0.05, 0.1) is 4.92 Å². The molecule has 106 valence electrons. The Bertz CT molecular complexity index is 559. The third-order valence-corrected chi connectivity index (χ3v) is 2.21. The number of carbonyl (C=O) groups excluding carboxylic acids is 2. The molecule has 0 aliphatic carbocycles. The van der Waals surface area contributed by atoms with E-state index in [9.17, 15) is 19.7 Å². The normalized spacial score (nSPS) is 9.65. The van der Waals surface area contributed by atoms with Crippen molar-refractivity contribution in [2.24, 2.45) is 0 Å². The Morgan fingerprint density at radius 3 is 2.75 bits per heavy atom. The summed E-state index contributed by atoms with van der Waals surface area (Å²) in [6, 6.07) is 5.15. The van der Waals surface area contributed by atoms with Crippen LogP contribution in [0.2, 0.25) is 0 Å². The van der Waals surface area contributed by atoms with Gasteiger partial charge in [0.1, 0.15) is 13.2 Å². The van der Waals surface area contributed by atoms with Crippen LogP contribution in [-0.4, -0.2) is 30.0 Å². The molecule has 1 amide bonds. The minimum Gasteiger partial charge on any atom is -0.459 e. The molecule has 0 aliphatic heterocycles. The number of halogens is 1. The number of nitro groups is 1. The molecule has 20 heavy (non-hydrogen) atoms. The van der Waals surface area contributed by atoms with Crippen LogP contribution in [-0.2, 0) is 9.53 Å². The average molecular weight is 299 g/mol. The summed E-state index contributed by atoms with van der Waals surface area (Å²) in [5.41, 5.74) is -0.132. The van der Waals surface area contributed by atoms with Gasteiger partial charge in [-0.25, -0.2) is 0 Å². The third kappa shape index (κ3) is 5.07. The summed E-state index contributed by atoms with van der Waals surface area (Å²) >= 11 is 5.40. The van der Waals surface area contributed by atoms with Gasteiger partial charge in [0.15, 0.2) is 0 Å². The highest BCUT2D eigenvalue weighted by atomic mass is 35.5. The third-order valence-electron chi connectivity index (χ3n) is 2.10. The molecule has 0 fully saturated rings. The standard InChI is InChI=1S/C12H11ClN2O5/c1-8(13)7-20-11(16)6-14-12(17)9-3-2-4-10(5-9)15(18)19/h2-5H,1,6-7H2,(H,14,17). The number of carbonyl (C=O) groups is 2. The number of nitrogens with zero attached hydrogens (tertiary/aromatic N) is 1. The van der Waals surface area contributed by atoms with Crippen LogP contribution in [0.25, 0.3) is 0 Å². The van der Waals surface area contributed by atoms with Gasteiger partial charge in [-0.05, 0) is 6.07 Å². The van der Waals surface area contributed by atoms with Crippen LogP contribution in [0.3, 0.4) is 0 Å². The van der Waals surface area contributed by atoms with Crippen LogP contribution in [0.4, 0.5) is 5.69 Å². The first kappa shape index (κ1) is 15.6. The van der Waals surface area contributed by atoms with Gasteiger partial charge in [0.2, 0.25) is 0 Å². The molecule has 0 heterocycles. The molecule has 7 nitrogen and oxygen atoms in total. The van der Waals surface area contributed by atoms with E-state index in [-0.39, 0.29) is 29.4 Å². The fourth-order valence-corrected chi connectivity index (χ4v) is 1.28. The van der Waals surface area contributed by atoms with Crippen molar-refractivity contribution >= 4 is 29.2 Å². The number of benzene rings is 1. The maximum Gasteiger partial charge on any atom is 0.325 e. The number of amides is 1. The molecule has 0 saturated heterocycles. The molecule has 1 aromatic rings. The molecule has 0 unspecified atom stereocenters. The van der Waals surface area contributed by atoms with E-state index in [1.165, 1.54) is 18.2 Å². The maximum absolute atomic E-state index is 11.7. The quantitative estimate of drug-likeness (QED) is 0.489. The van der Waals surface area contributed by atoms with Gasteiger partial charge in [0.25, 0.3) is 11.6 Å². The largest absolute Gasteiger partial charge is 0.459 e. The topological polar surface area (TPSA) is 98.5 Å². The highest BCUT2D eigenvalue weighted by Gasteiger charge is 2.12. The van der Waals surface area contributed by atoms with Crippen molar-refractivity contribution in [3.63, 3.8) is 0 Å². The molecule has 0 saturated carbocycles. The van der Waals surface area contributed by atoms with E-state index >= 15 is 0 Å². The van der Waals surface area contributed by atoms with E-state index < -0.39 is 16.8 Å². The van der Waals surface area contributed by atoms with E-state index in [1.807, 2.05) is 0 Å². The summed E-state index contributed by atoms with van der Waals surface area (Å²) in [4.78, 5) is 32.8. The molecular weight excluding hydrogens is 288 g/mol. The Labute approximate surface area is 119 Å². The molecule has 0 bridgehead atoms. The Hall–Kier alpha value is -2.41. The molecule has 0 radical (unpaired) electrons. The predicted octanol–water partition coefficient (Wildman–Crippen LogP) is 1.62. The van der Waals surface area contributed by atoms with Gasteiger partial charge in [-0.15, -0.1) is 0 Å². The van der Waals surface area contributed by atoms with Crippen LogP contribution in [0.5, 0.6) is 0 Å². The monoisotopic (exact) mass is 298 g/mol. The minimum atomic E-state index is -0.689. The van der Waals surface area contributed by atoms with E-state index in [0.29, 0.717) is 0 Å². The number of nitro benzene ring substituents is 1. The summed E-state index contributed by atoms with van der Waals surface area (Å²) in [6.45, 7) is 2.82. The number of ether oxygens (including phenoxy) is 1. The number of rotatable bonds is 6. The lowest BCUT2D eigenvalue weighted by Gasteiger charge is -2.05. The molecule has 1 aromatic carbocycles. The van der Waals surface area contributed by atoms with E-state index in [1.54, 1.807) is 0 Å². The van der Waals surface area contributed by atoms with E-state index in [0.717, 1.165) is 6.07 Å². The van der Waals surface area contributed by atoms with Crippen molar-refractivity contribution in [1.29, 1.82) is 0 Å². The average Bonchev–Trinajstić information content (AvgIpc) is 2.42. The van der Waals surface area contributed by atoms with Gasteiger partial charge < -0.3 is 10.1 Å². The molecular formula is C12H11ClN2O5. The van der Waals surface area contributed by atoms with Crippen LogP contribution in [0.15, 0.2) is 35.9 Å². The van der Waals surface area contributed by atoms with Crippen molar-refractivity contribution < 1.29 is 19.2 Å². The van der Waals surface area contributed by atoms with Gasteiger partial charge in [-0.2, -0.15) is 0 Å². The second-order valence-electron chi connectivity index (χ2n) is 3.67. The fraction of sp³-hybridized carbons (Fsp3) is 0.167. The zero-order valence-electron chi connectivity index (χ0n) is 10.3. The van der Waals surface area contributed by atoms with Gasteiger partial charge >= 0.3 is 5.97 Å². The van der Waals surface area contributed by atoms with Crippen LogP contribution in [0, 0.1) is 10.1 Å². The summed E-state index contributed by atoms with van der Waals surface area (Å²) in [7, 11) is 0. The van der Waals surface area contributed by atoms with Crippen molar-refractivity contribution in [2.75, 3.05) is 13.2 Å². The Balaban J connectivity index is 2.54. The predicted molar refractivity (Wildman–Crippen MR) is 71.4 cm³/mol. The number of non-ortho nitro benzene ring substituents is 1. The van der Waals surface area contributed by atoms with Crippen LogP contribution in [0.1, 0.15) is 10.4 Å². The zero-order valence-corrected chi connectivity index (χ0v) is 11.1. The van der Waals surface area contributed by atoms with Gasteiger partial charge in [-0.1, -0.05) is 24.2 Å². The molecule has 0 aliphatic rings. The molecule has 1 rings (SSSR count). The molecule has 0 aromatic heterocycles. The van der Waals surface area contributed by atoms with Crippen molar-refractivity contribution in [1.82, 2.24) is 5.32 Å². The van der Waals surface area contributed by atoms with E-state index in [2.05, 4.69) is 16.6 Å². The second kappa shape index (κ2) is 7.25. The van der Waals surface area contributed by atoms with Gasteiger partial charge in [-0.3, -0.25) is 19.7 Å². The Morgan fingerprint density at radius 2 is 2.15 bits per heavy atom. The van der Waals surface area contributed by atoms with Crippen LogP contribution < -0.4 is 5.32 Å². The van der Waals surface area contributed by atoms with Gasteiger partial charge in [0, 0.05) is 22.7 Å². The highest BCUT2D eigenvalue weighted by Crippen LogP contribution is 2.12. The number of hydrogen-bond acceptors (Lipinski definition) is 5. The number of esters is 1. The van der Waals surface area contributed by atoms with Crippen LogP contribution >= 0.6 is 11.6 Å². The maximum atomic E-state index is 11.7. The molecule has 0 spiro atoms. The lowest BCUT2D eigenvalue weighted by Crippen LogP contribution is -2.30. The first-order chi connectivity index (χ1) is 9.40. The SMILES string of the molecule is C=C(Cl)COC(=O)CNC(=O)c1cccc([N+](=O)[O-])c1. The lowest BCUT2D eigenvalue weighted by atomic mass is 10.2. The van der Waals surface area contributed by atoms with Crippen molar-refractivity contribution in [3.8, 4) is 0 Å². The highest BCUT2D eigenvalue weighted by molar-refractivity contribution is 6.29. The first-order valence-corrected chi connectivity index (χ1v) is 5.79. The fourth-order valence-electron chi connectivity index (χ4n) is 1.23.